The molecule has 0 bridgehead atoms. The third kappa shape index (κ3) is 8.82. The van der Waals surface area contributed by atoms with E-state index < -0.39 is 0 Å². The summed E-state index contributed by atoms with van der Waals surface area (Å²) in [6.07, 6.45) is 11.2. The molecule has 11 aromatic heterocycles. The highest BCUT2D eigenvalue weighted by Gasteiger charge is 2.27. The lowest BCUT2D eigenvalue weighted by atomic mass is 9.93. The van der Waals surface area contributed by atoms with Gasteiger partial charge in [-0.2, -0.15) is 4.98 Å². The molecule has 0 N–H and O–H groups in total. The number of oxazole rings is 1. The number of benzene rings is 12. The zero-order valence-electron chi connectivity index (χ0n) is 58.5. The predicted molar refractivity (Wildman–Crippen MR) is 447 cm³/mol. The number of thiazole rings is 1. The van der Waals surface area contributed by atoms with Crippen LogP contribution in [0.2, 0.25) is 0 Å². The summed E-state index contributed by atoms with van der Waals surface area (Å²) in [4.78, 5) is 30.5. The van der Waals surface area contributed by atoms with Gasteiger partial charge in [-0.25, -0.2) is 19.9 Å². The van der Waals surface area contributed by atoms with Crippen LogP contribution in [0.25, 0.3) is 221 Å². The largest absolute Gasteiger partial charge is 0.421 e. The Hall–Kier alpha value is -14.6. The maximum absolute atomic E-state index is 6.65. The van der Waals surface area contributed by atoms with Crippen molar-refractivity contribution in [3.63, 3.8) is 0 Å². The molecule has 0 fully saturated rings. The van der Waals surface area contributed by atoms with Crippen LogP contribution in [-0.4, -0.2) is 57.0 Å². The summed E-state index contributed by atoms with van der Waals surface area (Å²) in [5.41, 5.74) is 28.6. The van der Waals surface area contributed by atoms with Crippen LogP contribution in [0.5, 0.6) is 0 Å². The van der Waals surface area contributed by atoms with Crippen LogP contribution in [0.15, 0.2) is 321 Å². The summed E-state index contributed by atoms with van der Waals surface area (Å²) in [5.74, 6) is 0.490. The van der Waals surface area contributed by atoms with E-state index in [1.54, 1.807) is 23.7 Å². The maximum Gasteiger partial charge on any atom is 0.307 e. The van der Waals surface area contributed by atoms with Gasteiger partial charge in [0.05, 0.1) is 78.1 Å². The first-order valence-electron chi connectivity index (χ1n) is 36.5. The Labute approximate surface area is 625 Å². The SMILES string of the molecule is C=Cc1nc2oc3c(-c4ccccc4-c4ccccc4-n4c5ccccc5c5cc(-n6c7ccccc7c7cc(-c8ccc(-c9ccccc9-c9ncnc%10c9sc9nc%11cccnc%11n9%10)c(-n9c%10ccccc%10c%10cc(-n%11c%12ccccc%12c%12ccccc%12%11)ccc%109)c8)ccc76)ccc54)nccc3n2c1/C=C\C. The fourth-order valence-electron chi connectivity index (χ4n) is 17.5. The van der Waals surface area contributed by atoms with Gasteiger partial charge >= 0.3 is 5.84 Å². The van der Waals surface area contributed by atoms with E-state index in [1.165, 1.54) is 21.8 Å². The molecular formula is C95H58N12OS. The van der Waals surface area contributed by atoms with Crippen LogP contribution < -0.4 is 0 Å². The number of hydrogen-bond acceptors (Lipinski definition) is 8. The number of imidazole rings is 2. The monoisotopic (exact) mass is 1410 g/mol. The molecule has 510 valence electrons. The molecule has 0 spiro atoms. The van der Waals surface area contributed by atoms with Gasteiger partial charge in [-0.15, -0.1) is 0 Å². The highest BCUT2D eigenvalue weighted by Crippen LogP contribution is 2.48. The lowest BCUT2D eigenvalue weighted by Gasteiger charge is -2.19. The lowest BCUT2D eigenvalue weighted by molar-refractivity contribution is 0.641. The van der Waals surface area contributed by atoms with Gasteiger partial charge in [0.2, 0.25) is 0 Å². The first-order chi connectivity index (χ1) is 54.0. The minimum absolute atomic E-state index is 0.490. The third-order valence-corrected chi connectivity index (χ3v) is 23.1. The number of aromatic nitrogens is 12. The van der Waals surface area contributed by atoms with Gasteiger partial charge in [-0.05, 0) is 151 Å². The molecule has 109 heavy (non-hydrogen) atoms. The summed E-state index contributed by atoms with van der Waals surface area (Å²) < 4.78 is 21.5. The fraction of sp³-hybridized carbons (Fsp3) is 0.0105. The number of nitrogens with zero attached hydrogens (tertiary/aromatic N) is 12. The van der Waals surface area contributed by atoms with Crippen LogP contribution >= 0.6 is 11.3 Å². The van der Waals surface area contributed by atoms with Crippen molar-refractivity contribution in [2.45, 2.75) is 6.92 Å². The molecule has 11 heterocycles. The zero-order valence-corrected chi connectivity index (χ0v) is 59.3. The molecule has 0 aliphatic rings. The number of pyridine rings is 2. The van der Waals surface area contributed by atoms with Crippen LogP contribution in [-0.2, 0) is 0 Å². The smallest absolute Gasteiger partial charge is 0.307 e. The molecule has 0 saturated heterocycles. The van der Waals surface area contributed by atoms with Crippen molar-refractivity contribution in [2.24, 2.45) is 0 Å². The van der Waals surface area contributed by atoms with Gasteiger partial charge in [0.25, 0.3) is 0 Å². The summed E-state index contributed by atoms with van der Waals surface area (Å²) in [5, 5.41) is 9.37. The van der Waals surface area contributed by atoms with E-state index in [9.17, 15) is 0 Å². The number of fused-ring (bicyclic) bond motifs is 20. The van der Waals surface area contributed by atoms with E-state index in [-0.39, 0.29) is 0 Å². The molecule has 14 heteroatoms. The van der Waals surface area contributed by atoms with Crippen molar-refractivity contribution in [3.05, 3.63) is 328 Å². The minimum atomic E-state index is 0.490. The molecule has 0 aliphatic carbocycles. The molecule has 0 unspecified atom stereocenters. The van der Waals surface area contributed by atoms with E-state index >= 15 is 0 Å². The zero-order chi connectivity index (χ0) is 71.7. The van der Waals surface area contributed by atoms with Gasteiger partial charge in [0.15, 0.2) is 21.8 Å². The van der Waals surface area contributed by atoms with Crippen molar-refractivity contribution in [3.8, 4) is 78.6 Å². The summed E-state index contributed by atoms with van der Waals surface area (Å²) in [7, 11) is 0. The minimum Gasteiger partial charge on any atom is -0.421 e. The average Bonchev–Trinajstić information content (AvgIpc) is 1.59. The topological polar surface area (TPSA) is 119 Å². The Bertz CT molecular complexity index is 7820. The molecule has 13 nitrogen and oxygen atoms in total. The van der Waals surface area contributed by atoms with Gasteiger partial charge < -0.3 is 22.7 Å². The molecule has 12 aromatic carbocycles. The molecule has 0 saturated carbocycles. The molecule has 0 amide bonds. The van der Waals surface area contributed by atoms with Crippen molar-refractivity contribution in [1.29, 1.82) is 0 Å². The van der Waals surface area contributed by atoms with Crippen molar-refractivity contribution < 1.29 is 4.42 Å². The van der Waals surface area contributed by atoms with Gasteiger partial charge in [0, 0.05) is 89.1 Å². The van der Waals surface area contributed by atoms with E-state index in [4.69, 9.17) is 34.3 Å². The summed E-state index contributed by atoms with van der Waals surface area (Å²) in [6.45, 7) is 6.04. The number of allylic oxidation sites excluding steroid dienone is 1. The molecule has 0 aliphatic heterocycles. The molecule has 0 atom stereocenters. The van der Waals surface area contributed by atoms with Gasteiger partial charge in [-0.1, -0.05) is 200 Å². The highest BCUT2D eigenvalue weighted by molar-refractivity contribution is 7.24. The summed E-state index contributed by atoms with van der Waals surface area (Å²) in [6, 6.07) is 104. The first kappa shape index (κ1) is 60.8. The Morgan fingerprint density at radius 1 is 0.367 bits per heavy atom. The third-order valence-electron chi connectivity index (χ3n) is 22.1. The van der Waals surface area contributed by atoms with Crippen molar-refractivity contribution in [2.75, 3.05) is 0 Å². The highest BCUT2D eigenvalue weighted by atomic mass is 32.1. The number of para-hydroxylation sites is 6. The van der Waals surface area contributed by atoms with Crippen LogP contribution in [0, 0.1) is 0 Å². The Kier molecular flexibility index (Phi) is 13.1. The standard InChI is InChI=1S/C95H58N12OS/c1-3-22-85-74(4-2)100-94-106(85)86-48-50-96-88(90(86)108-94)69-31-7-5-23-60(69)62-25-9-18-37-79(62)104-80-38-19-13-29-66(80)72-54-59(42-46-83(72)104)103-78-36-17-12-28-65(78)71-51-56(41-45-82(71)103)57-40-44-68(61-24-6-8-32-70(61)89-91-93(99-55-98-89)107-92-75(33-21-49-97-92)101-95(107)109-91)87(52-57)105-81-39-20-14-30-67(81)73-53-58(43-47-84(73)105)102-76-34-15-10-26-63(76)64-27-11-16-35-77(64)102/h3-55H,2H2,1H3/b22-3-. The Balaban J connectivity index is 0.685. The predicted octanol–water partition coefficient (Wildman–Crippen LogP) is 24.1. The van der Waals surface area contributed by atoms with Crippen LogP contribution in [0.1, 0.15) is 18.3 Å². The van der Waals surface area contributed by atoms with E-state index in [0.717, 1.165) is 187 Å². The van der Waals surface area contributed by atoms with E-state index in [2.05, 4.69) is 296 Å². The first-order valence-corrected chi connectivity index (χ1v) is 37.3. The quantitative estimate of drug-likeness (QED) is 0.126. The fourth-order valence-corrected chi connectivity index (χ4v) is 18.6. The maximum atomic E-state index is 6.65. The van der Waals surface area contributed by atoms with Crippen molar-refractivity contribution in [1.82, 2.24) is 57.0 Å². The second kappa shape index (κ2) is 23.5. The Morgan fingerprint density at radius 3 is 1.50 bits per heavy atom. The van der Waals surface area contributed by atoms with Crippen LogP contribution in [0.3, 0.4) is 0 Å². The van der Waals surface area contributed by atoms with E-state index in [1.807, 2.05) is 54.1 Å². The molecule has 23 aromatic rings. The second-order valence-corrected chi connectivity index (χ2v) is 28.7. The molecular weight excluding hydrogens is 1360 g/mol. The summed E-state index contributed by atoms with van der Waals surface area (Å²) >= 11 is 1.59. The van der Waals surface area contributed by atoms with Gasteiger partial charge in [0.1, 0.15) is 22.2 Å². The van der Waals surface area contributed by atoms with Gasteiger partial charge in [-0.3, -0.25) is 13.8 Å². The number of rotatable bonds is 11. The molecule has 0 radical (unpaired) electrons. The average molecular weight is 1420 g/mol. The van der Waals surface area contributed by atoms with Crippen LogP contribution in [0.4, 0.5) is 0 Å². The molecule has 23 rings (SSSR count). The normalized spacial score (nSPS) is 12.3. The second-order valence-electron chi connectivity index (χ2n) is 27.8. The number of hydrogen-bond donors (Lipinski definition) is 0. The Morgan fingerprint density at radius 2 is 0.872 bits per heavy atom. The lowest BCUT2D eigenvalue weighted by Crippen LogP contribution is -2.00. The van der Waals surface area contributed by atoms with E-state index in [0.29, 0.717) is 11.4 Å². The van der Waals surface area contributed by atoms with Crippen molar-refractivity contribution >= 4 is 154 Å².